The Morgan fingerprint density at radius 2 is 2.15 bits per heavy atom. The van der Waals surface area contributed by atoms with Crippen LogP contribution in [0.3, 0.4) is 0 Å². The van der Waals surface area contributed by atoms with Crippen molar-refractivity contribution in [1.29, 1.82) is 0 Å². The number of hydrogen-bond donors (Lipinski definition) is 1. The average Bonchev–Trinajstić information content (AvgIpc) is 2.46. The second-order valence-electron chi connectivity index (χ2n) is 5.38. The maximum absolute atomic E-state index is 13.9. The normalized spacial score (nSPS) is 16.9. The van der Waals surface area contributed by atoms with E-state index in [9.17, 15) is 4.39 Å². The minimum Gasteiger partial charge on any atom is -0.493 e. The topological polar surface area (TPSA) is 24.5 Å². The van der Waals surface area contributed by atoms with E-state index in [-0.39, 0.29) is 5.82 Å². The monoisotopic (exact) mass is 278 g/mol. The van der Waals surface area contributed by atoms with Crippen molar-refractivity contribution in [2.24, 2.45) is 5.92 Å². The van der Waals surface area contributed by atoms with Gasteiger partial charge in [-0.25, -0.2) is 4.39 Å². The number of anilines is 1. The maximum atomic E-state index is 13.9. The van der Waals surface area contributed by atoms with Gasteiger partial charge in [0.1, 0.15) is 11.6 Å². The predicted molar refractivity (Wildman–Crippen MR) is 81.8 cm³/mol. The van der Waals surface area contributed by atoms with E-state index in [1.165, 1.54) is 12.1 Å². The molecule has 110 valence electrons. The van der Waals surface area contributed by atoms with Gasteiger partial charge in [-0.05, 0) is 38.9 Å². The summed E-state index contributed by atoms with van der Waals surface area (Å²) in [7, 11) is 3.90. The van der Waals surface area contributed by atoms with Crippen molar-refractivity contribution in [2.75, 3.05) is 39.1 Å². The van der Waals surface area contributed by atoms with Gasteiger partial charge in [0.25, 0.3) is 0 Å². The van der Waals surface area contributed by atoms with E-state index < -0.39 is 0 Å². The molecular weight excluding hydrogens is 255 g/mol. The summed E-state index contributed by atoms with van der Waals surface area (Å²) in [6.45, 7) is 6.51. The molecule has 0 amide bonds. The Bertz CT molecular complexity index is 468. The van der Waals surface area contributed by atoms with Crippen molar-refractivity contribution in [3.63, 3.8) is 0 Å². The number of likely N-dealkylation sites (tertiary alicyclic amines) is 1. The highest BCUT2D eigenvalue weighted by molar-refractivity contribution is 5.68. The van der Waals surface area contributed by atoms with Gasteiger partial charge in [0, 0.05) is 30.4 Å². The average molecular weight is 278 g/mol. The van der Waals surface area contributed by atoms with Gasteiger partial charge in [-0.15, -0.1) is 0 Å². The molecule has 1 aliphatic heterocycles. The number of halogens is 1. The molecule has 0 unspecified atom stereocenters. The number of hydrogen-bond acceptors (Lipinski definition) is 3. The van der Waals surface area contributed by atoms with Crippen molar-refractivity contribution in [3.8, 4) is 5.75 Å². The van der Waals surface area contributed by atoms with E-state index in [2.05, 4.69) is 23.8 Å². The molecule has 0 atom stereocenters. The first-order valence-electron chi connectivity index (χ1n) is 7.09. The third-order valence-electron chi connectivity index (χ3n) is 3.90. The first-order chi connectivity index (χ1) is 9.63. The highest BCUT2D eigenvalue weighted by Crippen LogP contribution is 2.27. The van der Waals surface area contributed by atoms with Crippen LogP contribution in [0.1, 0.15) is 18.4 Å². The van der Waals surface area contributed by atoms with Crippen LogP contribution in [0.2, 0.25) is 0 Å². The molecular formula is C16H23FN2O. The molecule has 1 fully saturated rings. The zero-order valence-corrected chi connectivity index (χ0v) is 12.3. The summed E-state index contributed by atoms with van der Waals surface area (Å²) < 4.78 is 19.7. The summed E-state index contributed by atoms with van der Waals surface area (Å²) in [4.78, 5) is 2.33. The SMILES string of the molecule is C=Cc1c(F)cc(OCC2CCN(C)CC2)cc1NC. The fourth-order valence-corrected chi connectivity index (χ4v) is 2.53. The molecule has 0 spiro atoms. The van der Waals surface area contributed by atoms with E-state index in [1.54, 1.807) is 7.05 Å². The maximum Gasteiger partial charge on any atom is 0.136 e. The van der Waals surface area contributed by atoms with Crippen LogP contribution in [0.4, 0.5) is 10.1 Å². The lowest BCUT2D eigenvalue weighted by atomic mass is 9.98. The molecule has 1 aliphatic rings. The lowest BCUT2D eigenvalue weighted by Gasteiger charge is -2.28. The first kappa shape index (κ1) is 14.9. The van der Waals surface area contributed by atoms with Crippen molar-refractivity contribution in [3.05, 3.63) is 30.1 Å². The van der Waals surface area contributed by atoms with Crippen LogP contribution in [0, 0.1) is 11.7 Å². The number of rotatable bonds is 5. The Morgan fingerprint density at radius 1 is 1.45 bits per heavy atom. The molecule has 0 radical (unpaired) electrons. The molecule has 3 nitrogen and oxygen atoms in total. The van der Waals surface area contributed by atoms with Crippen LogP contribution in [0.25, 0.3) is 6.08 Å². The highest BCUT2D eigenvalue weighted by atomic mass is 19.1. The predicted octanol–water partition coefficient (Wildman–Crippen LogP) is 3.23. The third kappa shape index (κ3) is 3.51. The van der Waals surface area contributed by atoms with Crippen LogP contribution in [0.5, 0.6) is 5.75 Å². The summed E-state index contributed by atoms with van der Waals surface area (Å²) in [5.41, 5.74) is 1.19. The zero-order chi connectivity index (χ0) is 14.5. The molecule has 20 heavy (non-hydrogen) atoms. The summed E-state index contributed by atoms with van der Waals surface area (Å²) in [5.74, 6) is 0.841. The fourth-order valence-electron chi connectivity index (χ4n) is 2.53. The summed E-state index contributed by atoms with van der Waals surface area (Å²) in [6, 6.07) is 3.27. The van der Waals surface area contributed by atoms with Crippen LogP contribution in [-0.4, -0.2) is 38.7 Å². The molecule has 1 heterocycles. The van der Waals surface area contributed by atoms with Crippen LogP contribution in [0.15, 0.2) is 18.7 Å². The molecule has 1 saturated heterocycles. The van der Waals surface area contributed by atoms with Crippen LogP contribution >= 0.6 is 0 Å². The minimum absolute atomic E-state index is 0.301. The molecule has 0 bridgehead atoms. The Labute approximate surface area is 120 Å². The lowest BCUT2D eigenvalue weighted by Crippen LogP contribution is -2.32. The standard InChI is InChI=1S/C16H23FN2O/c1-4-14-15(17)9-13(10-16(14)18-2)20-11-12-5-7-19(3)8-6-12/h4,9-10,12,18H,1,5-8,11H2,2-3H3. The molecule has 4 heteroatoms. The quantitative estimate of drug-likeness (QED) is 0.895. The van der Waals surface area contributed by atoms with Gasteiger partial charge >= 0.3 is 0 Å². The number of nitrogens with zero attached hydrogens (tertiary/aromatic N) is 1. The molecule has 0 saturated carbocycles. The number of nitrogens with one attached hydrogen (secondary N) is 1. The van der Waals surface area contributed by atoms with Gasteiger partial charge in [-0.2, -0.15) is 0 Å². The van der Waals surface area contributed by atoms with E-state index in [0.717, 1.165) is 25.9 Å². The first-order valence-corrected chi connectivity index (χ1v) is 7.09. The van der Waals surface area contributed by atoms with Crippen molar-refractivity contribution in [2.45, 2.75) is 12.8 Å². The molecule has 1 N–H and O–H groups in total. The molecule has 1 aromatic carbocycles. The highest BCUT2D eigenvalue weighted by Gasteiger charge is 2.17. The Morgan fingerprint density at radius 3 is 2.75 bits per heavy atom. The van der Waals surface area contributed by atoms with E-state index in [0.29, 0.717) is 29.5 Å². The summed E-state index contributed by atoms with van der Waals surface area (Å²) in [6.07, 6.45) is 3.80. The van der Waals surface area contributed by atoms with Gasteiger partial charge in [0.05, 0.1) is 6.61 Å². The minimum atomic E-state index is -0.301. The van der Waals surface area contributed by atoms with Crippen molar-refractivity contribution >= 4 is 11.8 Å². The summed E-state index contributed by atoms with van der Waals surface area (Å²) in [5, 5.41) is 2.97. The second kappa shape index (κ2) is 6.75. The number of ether oxygens (including phenoxy) is 1. The number of piperidine rings is 1. The summed E-state index contributed by atoms with van der Waals surface area (Å²) >= 11 is 0. The van der Waals surface area contributed by atoms with E-state index in [1.807, 2.05) is 6.07 Å². The van der Waals surface area contributed by atoms with E-state index in [4.69, 9.17) is 4.74 Å². The van der Waals surface area contributed by atoms with Gasteiger partial charge in [-0.1, -0.05) is 12.7 Å². The van der Waals surface area contributed by atoms with Crippen molar-refractivity contribution < 1.29 is 9.13 Å². The Hall–Kier alpha value is -1.55. The van der Waals surface area contributed by atoms with Crippen molar-refractivity contribution in [1.82, 2.24) is 4.90 Å². The zero-order valence-electron chi connectivity index (χ0n) is 12.3. The van der Waals surface area contributed by atoms with Crippen LogP contribution < -0.4 is 10.1 Å². The lowest BCUT2D eigenvalue weighted by molar-refractivity contribution is 0.160. The molecule has 1 aromatic rings. The largest absolute Gasteiger partial charge is 0.493 e. The molecule has 0 aliphatic carbocycles. The van der Waals surface area contributed by atoms with Gasteiger partial charge in [0.2, 0.25) is 0 Å². The van der Waals surface area contributed by atoms with Gasteiger partial charge < -0.3 is 15.0 Å². The smallest absolute Gasteiger partial charge is 0.136 e. The third-order valence-corrected chi connectivity index (χ3v) is 3.90. The molecule has 0 aromatic heterocycles. The van der Waals surface area contributed by atoms with E-state index >= 15 is 0 Å². The van der Waals surface area contributed by atoms with Gasteiger partial charge in [-0.3, -0.25) is 0 Å². The fraction of sp³-hybridized carbons (Fsp3) is 0.500. The Balaban J connectivity index is 1.99. The molecule has 2 rings (SSSR count). The number of benzene rings is 1. The Kier molecular flexibility index (Phi) is 5.01. The van der Waals surface area contributed by atoms with Crippen LogP contribution in [-0.2, 0) is 0 Å². The van der Waals surface area contributed by atoms with Gasteiger partial charge in [0.15, 0.2) is 0 Å². The second-order valence-corrected chi connectivity index (χ2v) is 5.38.